The Labute approximate surface area is 77.8 Å². The normalized spacial score (nSPS) is 14.7. The Kier molecular flexibility index (Phi) is 5.06. The van der Waals surface area contributed by atoms with Crippen LogP contribution in [0.2, 0.25) is 0 Å². The molecule has 2 amide bonds. The Hall–Kier alpha value is -1.10. The molecule has 0 aliphatic heterocycles. The summed E-state index contributed by atoms with van der Waals surface area (Å²) < 4.78 is 0. The van der Waals surface area contributed by atoms with E-state index in [2.05, 4.69) is 5.32 Å². The topological polar surface area (TPSA) is 98.2 Å². The van der Waals surface area contributed by atoms with Crippen LogP contribution < -0.4 is 16.8 Å². The van der Waals surface area contributed by atoms with Crippen LogP contribution >= 0.6 is 0 Å². The quantitative estimate of drug-likeness (QED) is 0.520. The van der Waals surface area contributed by atoms with E-state index in [0.29, 0.717) is 12.8 Å². The molecule has 0 aliphatic carbocycles. The summed E-state index contributed by atoms with van der Waals surface area (Å²) in [6.07, 6.45) is 1.03. The zero-order valence-corrected chi connectivity index (χ0v) is 8.04. The summed E-state index contributed by atoms with van der Waals surface area (Å²) in [5.74, 6) is -0.854. The number of hydrogen-bond acceptors (Lipinski definition) is 3. The summed E-state index contributed by atoms with van der Waals surface area (Å²) in [5.41, 5.74) is 10.5. The monoisotopic (exact) mass is 187 g/mol. The van der Waals surface area contributed by atoms with Crippen LogP contribution in [0.3, 0.4) is 0 Å². The second kappa shape index (κ2) is 5.53. The molecule has 0 heterocycles. The van der Waals surface area contributed by atoms with Crippen LogP contribution in [0.1, 0.15) is 26.7 Å². The largest absolute Gasteiger partial charge is 0.368 e. The van der Waals surface area contributed by atoms with E-state index in [-0.39, 0.29) is 5.91 Å². The number of nitrogens with one attached hydrogen (secondary N) is 1. The minimum absolute atomic E-state index is 0.326. The molecule has 0 spiro atoms. The minimum Gasteiger partial charge on any atom is -0.368 e. The molecule has 5 nitrogen and oxygen atoms in total. The van der Waals surface area contributed by atoms with Crippen LogP contribution in [-0.2, 0) is 9.59 Å². The molecule has 5 heteroatoms. The van der Waals surface area contributed by atoms with Crippen molar-refractivity contribution in [2.24, 2.45) is 11.5 Å². The molecular formula is C8H17N3O2. The second-order valence-electron chi connectivity index (χ2n) is 2.89. The van der Waals surface area contributed by atoms with Gasteiger partial charge in [0.25, 0.3) is 0 Å². The molecular weight excluding hydrogens is 170 g/mol. The van der Waals surface area contributed by atoms with Gasteiger partial charge in [0, 0.05) is 0 Å². The van der Waals surface area contributed by atoms with Crippen molar-refractivity contribution in [3.05, 3.63) is 0 Å². The molecule has 13 heavy (non-hydrogen) atoms. The van der Waals surface area contributed by atoms with Crippen LogP contribution in [0, 0.1) is 0 Å². The van der Waals surface area contributed by atoms with Crippen molar-refractivity contribution in [1.29, 1.82) is 0 Å². The standard InChI is InChI=1S/C8H17N3O2/c1-3-5(9)8(13)11-6(4-2)7(10)12/h5-6H,3-4,9H2,1-2H3,(H2,10,12)(H,11,13)/t5-,6+/m0/s1. The number of carbonyl (C=O) groups excluding carboxylic acids is 2. The summed E-state index contributed by atoms with van der Waals surface area (Å²) in [6, 6.07) is -1.17. The van der Waals surface area contributed by atoms with Gasteiger partial charge in [0.15, 0.2) is 0 Å². The van der Waals surface area contributed by atoms with Crippen molar-refractivity contribution >= 4 is 11.8 Å². The first-order chi connectivity index (χ1) is 6.02. The molecule has 0 bridgehead atoms. The van der Waals surface area contributed by atoms with Crippen molar-refractivity contribution in [2.75, 3.05) is 0 Å². The summed E-state index contributed by atoms with van der Waals surface area (Å²) in [4.78, 5) is 21.9. The third kappa shape index (κ3) is 3.89. The molecule has 0 aromatic heterocycles. The molecule has 76 valence electrons. The van der Waals surface area contributed by atoms with Gasteiger partial charge in [-0.1, -0.05) is 13.8 Å². The minimum atomic E-state index is -0.606. The molecule has 0 rings (SSSR count). The molecule has 0 aliphatic rings. The van der Waals surface area contributed by atoms with Crippen LogP contribution in [0.25, 0.3) is 0 Å². The van der Waals surface area contributed by atoms with Gasteiger partial charge in [-0.3, -0.25) is 9.59 Å². The van der Waals surface area contributed by atoms with Crippen LogP contribution in [0.15, 0.2) is 0 Å². The Morgan fingerprint density at radius 2 is 1.85 bits per heavy atom. The molecule has 0 radical (unpaired) electrons. The molecule has 0 saturated carbocycles. The molecule has 5 N–H and O–H groups in total. The molecule has 0 unspecified atom stereocenters. The molecule has 0 aromatic carbocycles. The van der Waals surface area contributed by atoms with Gasteiger partial charge in [-0.25, -0.2) is 0 Å². The fourth-order valence-electron chi connectivity index (χ4n) is 0.839. The lowest BCUT2D eigenvalue weighted by Gasteiger charge is -2.15. The summed E-state index contributed by atoms with van der Waals surface area (Å²) >= 11 is 0. The maximum atomic E-state index is 11.2. The number of primary amides is 1. The highest BCUT2D eigenvalue weighted by Crippen LogP contribution is 1.92. The number of amides is 2. The van der Waals surface area contributed by atoms with E-state index < -0.39 is 18.0 Å². The number of rotatable bonds is 5. The average molecular weight is 187 g/mol. The Morgan fingerprint density at radius 1 is 1.31 bits per heavy atom. The van der Waals surface area contributed by atoms with Crippen molar-refractivity contribution in [2.45, 2.75) is 38.8 Å². The van der Waals surface area contributed by atoms with E-state index in [9.17, 15) is 9.59 Å². The van der Waals surface area contributed by atoms with Crippen LogP contribution in [0.5, 0.6) is 0 Å². The lowest BCUT2D eigenvalue weighted by atomic mass is 10.1. The molecule has 2 atom stereocenters. The number of hydrogen-bond donors (Lipinski definition) is 3. The van der Waals surface area contributed by atoms with Gasteiger partial charge in [-0.15, -0.1) is 0 Å². The predicted octanol–water partition coefficient (Wildman–Crippen LogP) is -0.896. The van der Waals surface area contributed by atoms with Gasteiger partial charge in [0.1, 0.15) is 6.04 Å². The van der Waals surface area contributed by atoms with Gasteiger partial charge >= 0.3 is 0 Å². The maximum absolute atomic E-state index is 11.2. The van der Waals surface area contributed by atoms with Crippen molar-refractivity contribution in [1.82, 2.24) is 5.32 Å². The lowest BCUT2D eigenvalue weighted by Crippen LogP contribution is -2.49. The van der Waals surface area contributed by atoms with E-state index >= 15 is 0 Å². The van der Waals surface area contributed by atoms with Crippen LogP contribution in [0.4, 0.5) is 0 Å². The van der Waals surface area contributed by atoms with E-state index in [0.717, 1.165) is 0 Å². The first-order valence-electron chi connectivity index (χ1n) is 4.38. The summed E-state index contributed by atoms with van der Waals surface area (Å²) in [6.45, 7) is 3.57. The molecule has 0 aromatic rings. The lowest BCUT2D eigenvalue weighted by molar-refractivity contribution is -0.128. The Morgan fingerprint density at radius 3 is 2.15 bits per heavy atom. The summed E-state index contributed by atoms with van der Waals surface area (Å²) in [5, 5.41) is 2.48. The van der Waals surface area contributed by atoms with E-state index in [4.69, 9.17) is 11.5 Å². The Bertz CT molecular complexity index is 194. The van der Waals surface area contributed by atoms with Gasteiger partial charge in [0.05, 0.1) is 6.04 Å². The van der Waals surface area contributed by atoms with E-state index in [1.165, 1.54) is 0 Å². The van der Waals surface area contributed by atoms with Crippen molar-refractivity contribution in [3.63, 3.8) is 0 Å². The number of carbonyl (C=O) groups is 2. The Balaban J connectivity index is 4.09. The van der Waals surface area contributed by atoms with E-state index in [1.54, 1.807) is 13.8 Å². The first-order valence-corrected chi connectivity index (χ1v) is 4.38. The zero-order chi connectivity index (χ0) is 10.4. The highest BCUT2D eigenvalue weighted by atomic mass is 16.2. The van der Waals surface area contributed by atoms with Gasteiger partial charge in [0.2, 0.25) is 11.8 Å². The fraction of sp³-hybridized carbons (Fsp3) is 0.750. The molecule has 0 fully saturated rings. The third-order valence-electron chi connectivity index (χ3n) is 1.84. The van der Waals surface area contributed by atoms with Gasteiger partial charge in [-0.2, -0.15) is 0 Å². The SMILES string of the molecule is CC[C@H](N)C(=O)N[C@H](CC)C(N)=O. The average Bonchev–Trinajstić information content (AvgIpc) is 2.11. The predicted molar refractivity (Wildman–Crippen MR) is 49.7 cm³/mol. The van der Waals surface area contributed by atoms with Crippen molar-refractivity contribution < 1.29 is 9.59 Å². The zero-order valence-electron chi connectivity index (χ0n) is 8.04. The highest BCUT2D eigenvalue weighted by Gasteiger charge is 2.18. The number of nitrogens with two attached hydrogens (primary N) is 2. The van der Waals surface area contributed by atoms with Gasteiger partial charge in [-0.05, 0) is 12.8 Å². The van der Waals surface area contributed by atoms with Crippen molar-refractivity contribution in [3.8, 4) is 0 Å². The van der Waals surface area contributed by atoms with E-state index in [1.807, 2.05) is 0 Å². The maximum Gasteiger partial charge on any atom is 0.239 e. The van der Waals surface area contributed by atoms with Gasteiger partial charge < -0.3 is 16.8 Å². The summed E-state index contributed by atoms with van der Waals surface area (Å²) in [7, 11) is 0. The smallest absolute Gasteiger partial charge is 0.239 e. The second-order valence-corrected chi connectivity index (χ2v) is 2.89. The van der Waals surface area contributed by atoms with Crippen LogP contribution in [-0.4, -0.2) is 23.9 Å². The first kappa shape index (κ1) is 11.9. The highest BCUT2D eigenvalue weighted by molar-refractivity contribution is 5.88. The fourth-order valence-corrected chi connectivity index (χ4v) is 0.839. The molecule has 0 saturated heterocycles. The third-order valence-corrected chi connectivity index (χ3v) is 1.84.